The first-order valence-corrected chi connectivity index (χ1v) is 40.7. The zero-order valence-corrected chi connectivity index (χ0v) is 62.2. The van der Waals surface area contributed by atoms with E-state index in [1.807, 2.05) is 37.3 Å². The van der Waals surface area contributed by atoms with Gasteiger partial charge in [0.2, 0.25) is 0 Å². The maximum Gasteiger partial charge on any atom is 0.407 e. The molecule has 1 aliphatic carbocycles. The topological polar surface area (TPSA) is 210 Å². The first-order valence-electron chi connectivity index (χ1n) is 37.8. The number of fused-ring (bicyclic) bond motifs is 7. The van der Waals surface area contributed by atoms with Crippen molar-refractivity contribution >= 4 is 31.9 Å². The van der Waals surface area contributed by atoms with Crippen LogP contribution in [0.4, 0.5) is 4.79 Å². The van der Waals surface area contributed by atoms with Crippen LogP contribution in [0.5, 0.6) is 5.75 Å². The van der Waals surface area contributed by atoms with Crippen LogP contribution in [-0.4, -0.2) is 174 Å². The number of methoxy groups -OCH3 is 1. The quantitative estimate of drug-likeness (QED) is 0.0557. The zero-order chi connectivity index (χ0) is 70.4. The monoisotopic (exact) mass is 1400 g/mol. The van der Waals surface area contributed by atoms with Gasteiger partial charge in [-0.1, -0.05) is 106 Å². The number of carbonyl (C=O) groups excluding carboxylic acids is 4. The maximum atomic E-state index is 14.7. The Hall–Kier alpha value is -4.16. The number of rotatable bonds is 20. The molecule has 1 spiro atoms. The van der Waals surface area contributed by atoms with E-state index in [0.717, 1.165) is 67.4 Å². The normalized spacial score (nSPS) is 40.9. The lowest BCUT2D eigenvalue weighted by Crippen LogP contribution is -2.62. The van der Waals surface area contributed by atoms with Gasteiger partial charge < -0.3 is 71.3 Å². The molecule has 1 aromatic carbocycles. The van der Waals surface area contributed by atoms with Crippen LogP contribution in [0.25, 0.3) is 0 Å². The molecule has 12 fully saturated rings. The number of ketones is 2. The molecule has 11 heterocycles. The van der Waals surface area contributed by atoms with Gasteiger partial charge in [0.25, 0.3) is 0 Å². The summed E-state index contributed by atoms with van der Waals surface area (Å²) in [7, 11) is -0.568. The van der Waals surface area contributed by atoms with Crippen molar-refractivity contribution in [3.63, 3.8) is 0 Å². The number of nitrogens with one attached hydrogen (secondary N) is 1. The SMILES string of the molecule is C=CCOC(=O)NCC1CC(C(C)CC(=O)CC(C)C(/C=C/C(=O)CC2OC3C(CC2C)OC2CC4OC(CCC5OC(CCC67CC8OC9C(OC%10CCC(CC(=O)OC2C3C)OC%10C9O6)C8O7)CC5=C)CC(C)C4=C)OCc2ccc(OC)cc2)C(O[Si](C)(C)C(C)(C)C)CC1C. The van der Waals surface area contributed by atoms with E-state index in [9.17, 15) is 19.2 Å². The second-order valence-electron chi connectivity index (χ2n) is 33.5. The van der Waals surface area contributed by atoms with Crippen molar-refractivity contribution in [3.8, 4) is 5.75 Å². The summed E-state index contributed by atoms with van der Waals surface area (Å²) >= 11 is 0. The zero-order valence-electron chi connectivity index (χ0n) is 61.2. The molecule has 1 amide bonds. The van der Waals surface area contributed by atoms with E-state index in [4.69, 9.17) is 66.0 Å². The average molecular weight is 1400 g/mol. The van der Waals surface area contributed by atoms with Gasteiger partial charge in [-0.25, -0.2) is 4.79 Å². The molecule has 28 atom stereocenters. The van der Waals surface area contributed by atoms with E-state index in [1.54, 1.807) is 19.3 Å². The van der Waals surface area contributed by atoms with Crippen LogP contribution in [0.1, 0.15) is 177 Å². The van der Waals surface area contributed by atoms with Gasteiger partial charge in [-0.3, -0.25) is 14.4 Å². The first kappa shape index (κ1) is 74.6. The molecule has 11 aliphatic heterocycles. The number of amides is 1. The van der Waals surface area contributed by atoms with Crippen LogP contribution in [0.2, 0.25) is 18.1 Å². The summed E-state index contributed by atoms with van der Waals surface area (Å²) in [6.07, 6.45) is 8.38. The number of Topliss-reactive ketones (excluding diaryl/α,β-unsaturated/α-hetero) is 1. The van der Waals surface area contributed by atoms with Crippen LogP contribution >= 0.6 is 0 Å². The van der Waals surface area contributed by atoms with Gasteiger partial charge in [0.05, 0.1) is 93.4 Å². The van der Waals surface area contributed by atoms with Crippen LogP contribution in [0.15, 0.2) is 73.4 Å². The number of esters is 1. The molecule has 12 bridgehead atoms. The Balaban J connectivity index is 0.730. The fraction of sp³-hybridized carbons (Fsp3) is 0.772. The summed E-state index contributed by atoms with van der Waals surface area (Å²) in [6.45, 7) is 37.8. The molecule has 550 valence electrons. The molecule has 20 heteroatoms. The lowest BCUT2D eigenvalue weighted by Gasteiger charge is -2.51. The summed E-state index contributed by atoms with van der Waals surface area (Å²) in [4.78, 5) is 56.3. The highest BCUT2D eigenvalue weighted by Crippen LogP contribution is 2.55. The fourth-order valence-electron chi connectivity index (χ4n) is 18.2. The van der Waals surface area contributed by atoms with E-state index in [-0.39, 0.29) is 170 Å². The van der Waals surface area contributed by atoms with Crippen molar-refractivity contribution in [2.45, 2.75) is 318 Å². The van der Waals surface area contributed by atoms with Gasteiger partial charge >= 0.3 is 12.1 Å². The number of benzene rings is 1. The van der Waals surface area contributed by atoms with Crippen LogP contribution < -0.4 is 10.1 Å². The molecule has 12 aliphatic rings. The molecule has 1 saturated carbocycles. The molecule has 13 rings (SSSR count). The number of hydrogen-bond donors (Lipinski definition) is 1. The summed E-state index contributed by atoms with van der Waals surface area (Å²) < 4.78 is 93.8. The van der Waals surface area contributed by atoms with Gasteiger partial charge in [0.15, 0.2) is 19.9 Å². The number of hydrogen-bond acceptors (Lipinski definition) is 18. The van der Waals surface area contributed by atoms with Crippen molar-refractivity contribution < 1.29 is 85.2 Å². The average Bonchev–Trinajstić information content (AvgIpc) is 1.55. The number of alkyl carbamates (subject to hydrolysis) is 1. The molecular formula is C79H117NO18Si. The Kier molecular flexibility index (Phi) is 23.5. The lowest BCUT2D eigenvalue weighted by atomic mass is 9.68. The Morgan fingerprint density at radius 2 is 1.45 bits per heavy atom. The summed E-state index contributed by atoms with van der Waals surface area (Å²) in [6, 6.07) is 7.69. The Labute approximate surface area is 590 Å². The van der Waals surface area contributed by atoms with Gasteiger partial charge in [-0.15, -0.1) is 0 Å². The van der Waals surface area contributed by atoms with Crippen molar-refractivity contribution in [1.29, 1.82) is 0 Å². The molecule has 11 saturated heterocycles. The third-order valence-corrected chi connectivity index (χ3v) is 29.7. The van der Waals surface area contributed by atoms with Crippen molar-refractivity contribution in [2.75, 3.05) is 20.3 Å². The largest absolute Gasteiger partial charge is 0.497 e. The Morgan fingerprint density at radius 3 is 2.21 bits per heavy atom. The Bertz CT molecular complexity index is 3060. The summed E-state index contributed by atoms with van der Waals surface area (Å²) in [5.41, 5.74) is 3.04. The van der Waals surface area contributed by atoms with Gasteiger partial charge in [0, 0.05) is 57.1 Å². The highest BCUT2D eigenvalue weighted by atomic mass is 28.4. The van der Waals surface area contributed by atoms with Crippen LogP contribution in [0, 0.1) is 47.3 Å². The number of ether oxygens (including phenoxy) is 13. The predicted octanol–water partition coefficient (Wildman–Crippen LogP) is 13.2. The second-order valence-corrected chi connectivity index (χ2v) is 38.2. The standard InChI is InChI=1S/C79H117NO18Si/c1-16-29-86-77(84)80-41-52-36-59(65(34-44(52)3)98-99(14,15)78(10,11)12)45(4)30-54(82)31-46(5)60(87-42-51-17-20-55(85-13)21-18-51)24-19-53(81)37-63-48(7)35-66-70(93-63)50(9)71-67(91-66)39-64-49(8)43(2)32-56(89-64)22-25-61-47(6)33-58(88-61)27-28-79-40-68-73(96-79)74-75(94-68)76(97-79)72-62(92-74)26-23-57(90-72)38-69(83)95-71/h16-21,24,43-46,48,50,52,56-68,70-76H,1,6,8,22-23,25-42H2,2-5,7,9-15H3,(H,80,84)/b24-19+. The van der Waals surface area contributed by atoms with Gasteiger partial charge in [0.1, 0.15) is 54.8 Å². The van der Waals surface area contributed by atoms with Crippen molar-refractivity contribution in [3.05, 3.63) is 78.9 Å². The van der Waals surface area contributed by atoms with E-state index in [1.165, 1.54) is 0 Å². The minimum atomic E-state index is -2.20. The first-order chi connectivity index (χ1) is 47.1. The second kappa shape index (κ2) is 31.3. The molecule has 99 heavy (non-hydrogen) atoms. The smallest absolute Gasteiger partial charge is 0.407 e. The molecule has 19 nitrogen and oxygen atoms in total. The van der Waals surface area contributed by atoms with E-state index >= 15 is 0 Å². The van der Waals surface area contributed by atoms with Crippen molar-refractivity contribution in [1.82, 2.24) is 5.32 Å². The predicted molar refractivity (Wildman–Crippen MR) is 374 cm³/mol. The van der Waals surface area contributed by atoms with E-state index in [0.29, 0.717) is 51.5 Å². The van der Waals surface area contributed by atoms with Crippen LogP contribution in [0.3, 0.4) is 0 Å². The minimum absolute atomic E-state index is 0.00204. The van der Waals surface area contributed by atoms with Gasteiger partial charge in [-0.05, 0) is 159 Å². The highest BCUT2D eigenvalue weighted by Gasteiger charge is 2.69. The maximum absolute atomic E-state index is 14.7. The Morgan fingerprint density at radius 1 is 0.737 bits per heavy atom. The third-order valence-electron chi connectivity index (χ3n) is 25.2. The molecule has 1 aromatic rings. The summed E-state index contributed by atoms with van der Waals surface area (Å²) in [5, 5.41) is 2.98. The fourth-order valence-corrected chi connectivity index (χ4v) is 19.6. The highest BCUT2D eigenvalue weighted by molar-refractivity contribution is 6.74. The molecule has 1 N–H and O–H groups in total. The minimum Gasteiger partial charge on any atom is -0.497 e. The van der Waals surface area contributed by atoms with Gasteiger partial charge in [-0.2, -0.15) is 0 Å². The van der Waals surface area contributed by atoms with E-state index < -0.39 is 69.0 Å². The molecule has 0 aromatic heterocycles. The van der Waals surface area contributed by atoms with Crippen molar-refractivity contribution in [2.24, 2.45) is 47.3 Å². The number of carbonyl (C=O) groups is 4. The summed E-state index contributed by atoms with van der Waals surface area (Å²) in [5.74, 6) is -0.461. The number of allylic oxidation sites excluding steroid dienone is 1. The molecular weight excluding hydrogens is 1280 g/mol. The van der Waals surface area contributed by atoms with Crippen LogP contribution in [-0.2, 0) is 82.3 Å². The third kappa shape index (κ3) is 17.0. The molecule has 28 unspecified atom stereocenters. The van der Waals surface area contributed by atoms with E-state index in [2.05, 4.69) is 93.5 Å². The molecule has 0 radical (unpaired) electrons. The lowest BCUT2D eigenvalue weighted by molar-refractivity contribution is -0.293.